The van der Waals surface area contributed by atoms with Crippen molar-refractivity contribution in [2.24, 2.45) is 5.92 Å². The molecule has 1 aliphatic heterocycles. The number of hydrogen-bond donors (Lipinski definition) is 2. The SMILES string of the molecule is Cc1cccc(-c2nc(C(=O)Nc3cc4cn(CCC5CCNC5=O)nc4cc3OC3CC3)co2)c1. The summed E-state index contributed by atoms with van der Waals surface area (Å²) >= 11 is 0. The smallest absolute Gasteiger partial charge is 0.277 e. The van der Waals surface area contributed by atoms with E-state index >= 15 is 0 Å². The van der Waals surface area contributed by atoms with Crippen molar-refractivity contribution in [2.75, 3.05) is 11.9 Å². The number of fused-ring (bicyclic) bond motifs is 1. The Kier molecular flexibility index (Phi) is 5.67. The van der Waals surface area contributed by atoms with Gasteiger partial charge in [-0.15, -0.1) is 0 Å². The third-order valence-electron chi connectivity index (χ3n) is 6.59. The molecule has 9 heteroatoms. The number of amides is 2. The van der Waals surface area contributed by atoms with E-state index in [1.165, 1.54) is 6.26 Å². The number of aromatic nitrogens is 3. The average molecular weight is 486 g/mol. The van der Waals surface area contributed by atoms with E-state index in [0.29, 0.717) is 23.9 Å². The molecule has 184 valence electrons. The van der Waals surface area contributed by atoms with Crippen LogP contribution >= 0.6 is 0 Å². The van der Waals surface area contributed by atoms with Crippen molar-refractivity contribution < 1.29 is 18.7 Å². The molecule has 6 rings (SSSR count). The minimum absolute atomic E-state index is 0.0353. The first-order valence-electron chi connectivity index (χ1n) is 12.3. The molecule has 1 aliphatic carbocycles. The highest BCUT2D eigenvalue weighted by atomic mass is 16.5. The molecule has 2 fully saturated rings. The minimum atomic E-state index is -0.378. The van der Waals surface area contributed by atoms with Crippen molar-refractivity contribution in [3.05, 3.63) is 60.1 Å². The maximum atomic E-state index is 13.1. The number of ether oxygens (including phenoxy) is 1. The zero-order valence-corrected chi connectivity index (χ0v) is 20.0. The van der Waals surface area contributed by atoms with Gasteiger partial charge in [-0.05, 0) is 50.8 Å². The molecular formula is C27H27N5O4. The topological polar surface area (TPSA) is 111 Å². The van der Waals surface area contributed by atoms with E-state index in [9.17, 15) is 9.59 Å². The Morgan fingerprint density at radius 3 is 2.92 bits per heavy atom. The summed E-state index contributed by atoms with van der Waals surface area (Å²) in [5, 5.41) is 11.4. The molecule has 1 atom stereocenters. The van der Waals surface area contributed by atoms with E-state index < -0.39 is 0 Å². The fraction of sp³-hybridized carbons (Fsp3) is 0.333. The lowest BCUT2D eigenvalue weighted by Gasteiger charge is -2.11. The number of benzene rings is 2. The van der Waals surface area contributed by atoms with Gasteiger partial charge in [-0.2, -0.15) is 5.10 Å². The van der Waals surface area contributed by atoms with Crippen molar-refractivity contribution in [3.63, 3.8) is 0 Å². The number of carbonyl (C=O) groups is 2. The van der Waals surface area contributed by atoms with E-state index in [-0.39, 0.29) is 29.5 Å². The molecule has 3 heterocycles. The van der Waals surface area contributed by atoms with Gasteiger partial charge in [0.15, 0.2) is 5.69 Å². The molecule has 2 amide bonds. The van der Waals surface area contributed by atoms with Gasteiger partial charge in [0.25, 0.3) is 5.91 Å². The lowest BCUT2D eigenvalue weighted by molar-refractivity contribution is -0.122. The number of hydrogen-bond acceptors (Lipinski definition) is 6. The summed E-state index contributed by atoms with van der Waals surface area (Å²) in [6.07, 6.45) is 7.04. The minimum Gasteiger partial charge on any atom is -0.488 e. The largest absolute Gasteiger partial charge is 0.488 e. The standard InChI is InChI=1S/C27H27N5O4/c1-16-3-2-4-18(11-16)27-30-23(15-35-27)26(34)29-22-12-19-14-32(10-8-17-7-9-28-25(17)33)31-21(19)13-24(22)36-20-5-6-20/h2-4,11-15,17,20H,5-10H2,1H3,(H,28,33)(H,29,34). The first-order valence-corrected chi connectivity index (χ1v) is 12.3. The normalized spacial score (nSPS) is 17.4. The first kappa shape index (κ1) is 22.3. The summed E-state index contributed by atoms with van der Waals surface area (Å²) < 4.78 is 13.5. The molecule has 2 aliphatic rings. The van der Waals surface area contributed by atoms with E-state index in [4.69, 9.17) is 9.15 Å². The molecular weight excluding hydrogens is 458 g/mol. The Balaban J connectivity index is 1.23. The summed E-state index contributed by atoms with van der Waals surface area (Å²) in [6.45, 7) is 3.38. The van der Waals surface area contributed by atoms with Crippen LogP contribution in [0.15, 0.2) is 53.3 Å². The van der Waals surface area contributed by atoms with Gasteiger partial charge in [0, 0.05) is 42.2 Å². The predicted molar refractivity (Wildman–Crippen MR) is 134 cm³/mol. The van der Waals surface area contributed by atoms with Crippen LogP contribution in [0.3, 0.4) is 0 Å². The van der Waals surface area contributed by atoms with Gasteiger partial charge in [0.2, 0.25) is 11.8 Å². The third kappa shape index (κ3) is 4.68. The van der Waals surface area contributed by atoms with E-state index in [1.54, 1.807) is 0 Å². The Morgan fingerprint density at radius 1 is 1.25 bits per heavy atom. The van der Waals surface area contributed by atoms with Crippen LogP contribution < -0.4 is 15.4 Å². The number of nitrogens with one attached hydrogen (secondary N) is 2. The number of rotatable bonds is 8. The lowest BCUT2D eigenvalue weighted by Crippen LogP contribution is -2.20. The van der Waals surface area contributed by atoms with Crippen molar-refractivity contribution in [1.82, 2.24) is 20.1 Å². The second-order valence-corrected chi connectivity index (χ2v) is 9.54. The predicted octanol–water partition coefficient (Wildman–Crippen LogP) is 4.32. The molecule has 2 aromatic carbocycles. The number of nitrogens with zero attached hydrogens (tertiary/aromatic N) is 3. The Labute approximate surface area is 207 Å². The van der Waals surface area contributed by atoms with Gasteiger partial charge < -0.3 is 19.8 Å². The second-order valence-electron chi connectivity index (χ2n) is 9.54. The van der Waals surface area contributed by atoms with Crippen molar-refractivity contribution in [2.45, 2.75) is 45.3 Å². The van der Waals surface area contributed by atoms with Crippen LogP contribution in [0, 0.1) is 12.8 Å². The van der Waals surface area contributed by atoms with Gasteiger partial charge in [0.1, 0.15) is 12.0 Å². The van der Waals surface area contributed by atoms with Gasteiger partial charge in [-0.25, -0.2) is 4.98 Å². The summed E-state index contributed by atoms with van der Waals surface area (Å²) in [7, 11) is 0. The van der Waals surface area contributed by atoms with Crippen LogP contribution in [0.5, 0.6) is 5.75 Å². The molecule has 1 saturated carbocycles. The number of carbonyl (C=O) groups excluding carboxylic acids is 2. The molecule has 9 nitrogen and oxygen atoms in total. The van der Waals surface area contributed by atoms with E-state index in [2.05, 4.69) is 20.7 Å². The van der Waals surface area contributed by atoms with Crippen LogP contribution in [-0.2, 0) is 11.3 Å². The van der Waals surface area contributed by atoms with Crippen LogP contribution in [0.2, 0.25) is 0 Å². The number of oxazole rings is 1. The molecule has 0 radical (unpaired) electrons. The Bertz CT molecular complexity index is 1450. The lowest BCUT2D eigenvalue weighted by atomic mass is 10.0. The van der Waals surface area contributed by atoms with Crippen molar-refractivity contribution in [3.8, 4) is 17.2 Å². The summed E-state index contributed by atoms with van der Waals surface area (Å²) in [5.41, 5.74) is 3.43. The number of anilines is 1. The van der Waals surface area contributed by atoms with Crippen LogP contribution in [-0.4, -0.2) is 39.2 Å². The van der Waals surface area contributed by atoms with Crippen LogP contribution in [0.25, 0.3) is 22.4 Å². The van der Waals surface area contributed by atoms with Gasteiger partial charge in [-0.3, -0.25) is 14.3 Å². The molecule has 4 aromatic rings. The molecule has 1 saturated heterocycles. The average Bonchev–Trinajstić information content (AvgIpc) is 3.21. The van der Waals surface area contributed by atoms with Gasteiger partial charge >= 0.3 is 0 Å². The molecule has 0 bridgehead atoms. The number of aryl methyl sites for hydroxylation is 2. The van der Waals surface area contributed by atoms with E-state index in [1.807, 2.05) is 54.2 Å². The highest BCUT2D eigenvalue weighted by Crippen LogP contribution is 2.35. The Morgan fingerprint density at radius 2 is 2.14 bits per heavy atom. The first-order chi connectivity index (χ1) is 17.5. The van der Waals surface area contributed by atoms with Crippen LogP contribution in [0.1, 0.15) is 41.7 Å². The Hall–Kier alpha value is -4.14. The van der Waals surface area contributed by atoms with Crippen molar-refractivity contribution >= 4 is 28.4 Å². The zero-order valence-electron chi connectivity index (χ0n) is 20.0. The van der Waals surface area contributed by atoms with Crippen LogP contribution in [0.4, 0.5) is 5.69 Å². The molecule has 0 spiro atoms. The zero-order chi connectivity index (χ0) is 24.6. The highest BCUT2D eigenvalue weighted by molar-refractivity contribution is 6.05. The molecule has 1 unspecified atom stereocenters. The maximum absolute atomic E-state index is 13.1. The van der Waals surface area contributed by atoms with Crippen molar-refractivity contribution in [1.29, 1.82) is 0 Å². The fourth-order valence-electron chi connectivity index (χ4n) is 4.46. The molecule has 2 aromatic heterocycles. The summed E-state index contributed by atoms with van der Waals surface area (Å²) in [4.78, 5) is 29.3. The fourth-order valence-corrected chi connectivity index (χ4v) is 4.46. The second kappa shape index (κ2) is 9.14. The third-order valence-corrected chi connectivity index (χ3v) is 6.59. The highest BCUT2D eigenvalue weighted by Gasteiger charge is 2.27. The van der Waals surface area contributed by atoms with E-state index in [0.717, 1.165) is 54.3 Å². The maximum Gasteiger partial charge on any atom is 0.277 e. The quantitative estimate of drug-likeness (QED) is 0.385. The van der Waals surface area contributed by atoms with Gasteiger partial charge in [-0.1, -0.05) is 17.7 Å². The molecule has 36 heavy (non-hydrogen) atoms. The summed E-state index contributed by atoms with van der Waals surface area (Å²) in [5.74, 6) is 0.757. The molecule has 2 N–H and O–H groups in total. The summed E-state index contributed by atoms with van der Waals surface area (Å²) in [6, 6.07) is 11.5. The monoisotopic (exact) mass is 485 g/mol. The van der Waals surface area contributed by atoms with Gasteiger partial charge in [0.05, 0.1) is 17.3 Å².